The number of fused-ring (bicyclic) bond motifs is 6. The molecule has 5 rings (SSSR count). The Morgan fingerprint density at radius 2 is 1.43 bits per heavy atom. The van der Waals surface area contributed by atoms with Gasteiger partial charge in [-0.3, -0.25) is 2.78 Å². The van der Waals surface area contributed by atoms with Crippen molar-refractivity contribution in [3.63, 3.8) is 0 Å². The molecule has 2 aromatic heterocycles. The molecule has 21 heavy (non-hydrogen) atoms. The third-order valence-corrected chi connectivity index (χ3v) is 5.28. The molecule has 100 valence electrons. The lowest BCUT2D eigenvalue weighted by Gasteiger charge is -1.96. The minimum Gasteiger partial charge on any atom is -0.354 e. The Morgan fingerprint density at radius 1 is 0.667 bits per heavy atom. The summed E-state index contributed by atoms with van der Waals surface area (Å²) in [5.74, 6) is 0. The highest BCUT2D eigenvalue weighted by Gasteiger charge is 2.12. The topological polar surface area (TPSA) is 20.7 Å². The summed E-state index contributed by atoms with van der Waals surface area (Å²) in [7, 11) is 0. The normalized spacial score (nSPS) is 12.0. The maximum atomic E-state index is 3.53. The Labute approximate surface area is 134 Å². The van der Waals surface area contributed by atoms with Crippen molar-refractivity contribution in [3.05, 3.63) is 60.7 Å². The van der Waals surface area contributed by atoms with Gasteiger partial charge in [-0.15, -0.1) is 0 Å². The number of H-pyrrole nitrogens is 1. The van der Waals surface area contributed by atoms with E-state index in [1.54, 1.807) is 0 Å². The number of nitrogens with one attached hydrogen (secondary N) is 1. The molecule has 0 radical (unpaired) electrons. The first-order valence-corrected chi connectivity index (χ1v) is 7.89. The van der Waals surface area contributed by atoms with Gasteiger partial charge in [-0.25, -0.2) is 0 Å². The molecule has 0 bridgehead atoms. The Hall–Kier alpha value is -2.01. The lowest BCUT2D eigenvalue weighted by molar-refractivity contribution is 1.49. The van der Waals surface area contributed by atoms with Crippen LogP contribution in [0.25, 0.3) is 43.6 Å². The molecule has 1 N–H and O–H groups in total. The third-order valence-electron chi connectivity index (χ3n) is 4.24. The third kappa shape index (κ3) is 1.47. The molecule has 2 heterocycles. The van der Waals surface area contributed by atoms with Crippen molar-refractivity contribution in [2.45, 2.75) is 0 Å². The zero-order valence-corrected chi connectivity index (χ0v) is 13.3. The average Bonchev–Trinajstić information content (AvgIpc) is 3.02. The number of aromatic amines is 1. The van der Waals surface area contributed by atoms with Crippen LogP contribution in [-0.4, -0.2) is 7.76 Å². The molecule has 0 fully saturated rings. The van der Waals surface area contributed by atoms with Gasteiger partial charge in [-0.1, -0.05) is 36.4 Å². The Bertz CT molecular complexity index is 1150. The van der Waals surface area contributed by atoms with Crippen molar-refractivity contribution < 1.29 is 0 Å². The fourth-order valence-corrected chi connectivity index (χ4v) is 4.09. The summed E-state index contributed by atoms with van der Waals surface area (Å²) >= 11 is 2.39. The second kappa shape index (κ2) is 4.01. The molecule has 0 spiro atoms. The molecule has 0 aliphatic rings. The first-order chi connectivity index (χ1) is 10.3. The van der Waals surface area contributed by atoms with Crippen molar-refractivity contribution >= 4 is 66.5 Å². The number of hydrogen-bond acceptors (Lipinski definition) is 0. The van der Waals surface area contributed by atoms with E-state index in [2.05, 4.69) is 91.3 Å². The van der Waals surface area contributed by atoms with Gasteiger partial charge in [-0.2, -0.15) is 0 Å². The highest BCUT2D eigenvalue weighted by Crippen LogP contribution is 2.35. The Balaban J connectivity index is 2.08. The maximum absolute atomic E-state index is 3.53. The number of halogens is 1. The molecule has 5 aromatic rings. The lowest BCUT2D eigenvalue weighted by atomic mass is 10.1. The van der Waals surface area contributed by atoms with Crippen LogP contribution < -0.4 is 0 Å². The fraction of sp³-hybridized carbons (Fsp3) is 0. The fourth-order valence-electron chi connectivity index (χ4n) is 3.27. The highest BCUT2D eigenvalue weighted by molar-refractivity contribution is 14.1. The zero-order valence-electron chi connectivity index (χ0n) is 11.1. The van der Waals surface area contributed by atoms with E-state index in [-0.39, 0.29) is 0 Å². The lowest BCUT2D eigenvalue weighted by Crippen LogP contribution is -1.77. The molecule has 0 saturated carbocycles. The minimum absolute atomic E-state index is 1.20. The Morgan fingerprint density at radius 3 is 2.33 bits per heavy atom. The largest absolute Gasteiger partial charge is 0.354 e. The van der Waals surface area contributed by atoms with Crippen molar-refractivity contribution in [1.29, 1.82) is 0 Å². The number of para-hydroxylation sites is 2. The summed E-state index contributed by atoms with van der Waals surface area (Å²) in [4.78, 5) is 3.53. The van der Waals surface area contributed by atoms with E-state index in [4.69, 9.17) is 0 Å². The van der Waals surface area contributed by atoms with E-state index in [0.29, 0.717) is 0 Å². The zero-order chi connectivity index (χ0) is 14.0. The number of rotatable bonds is 0. The van der Waals surface area contributed by atoms with Crippen LogP contribution >= 0.6 is 22.9 Å². The Kier molecular flexibility index (Phi) is 2.22. The van der Waals surface area contributed by atoms with Gasteiger partial charge >= 0.3 is 0 Å². The summed E-state index contributed by atoms with van der Waals surface area (Å²) in [5.41, 5.74) is 4.93. The van der Waals surface area contributed by atoms with Gasteiger partial charge in [-0.05, 0) is 24.3 Å². The molecule has 3 aromatic carbocycles. The average molecular weight is 382 g/mol. The monoisotopic (exact) mass is 382 g/mol. The van der Waals surface area contributed by atoms with E-state index in [0.717, 1.165) is 0 Å². The molecule has 0 amide bonds. The van der Waals surface area contributed by atoms with Crippen molar-refractivity contribution in [2.75, 3.05) is 0 Å². The van der Waals surface area contributed by atoms with Crippen LogP contribution in [-0.2, 0) is 0 Å². The number of benzene rings is 3. The van der Waals surface area contributed by atoms with E-state index >= 15 is 0 Å². The minimum atomic E-state index is 1.20. The van der Waals surface area contributed by atoms with E-state index in [9.17, 15) is 0 Å². The second-order valence-electron chi connectivity index (χ2n) is 5.38. The summed E-state index contributed by atoms with van der Waals surface area (Å²) in [6, 6.07) is 21.7. The molecule has 0 aliphatic carbocycles. The number of nitrogens with zero attached hydrogens (tertiary/aromatic N) is 1. The first-order valence-electron chi connectivity index (χ1n) is 6.93. The van der Waals surface area contributed by atoms with Crippen LogP contribution in [0.3, 0.4) is 0 Å². The molecule has 3 heteroatoms. The van der Waals surface area contributed by atoms with Crippen LogP contribution in [0, 0.1) is 0 Å². The van der Waals surface area contributed by atoms with Crippen LogP contribution in [0.15, 0.2) is 60.7 Å². The van der Waals surface area contributed by atoms with Crippen LogP contribution in [0.4, 0.5) is 0 Å². The smallest absolute Gasteiger partial charge is 0.0646 e. The van der Waals surface area contributed by atoms with E-state index < -0.39 is 0 Å². The first kappa shape index (κ1) is 11.6. The summed E-state index contributed by atoms with van der Waals surface area (Å²) in [6.07, 6.45) is 0. The SMILES string of the molecule is In1c2ccccc2c2cc3c(cc21)[nH]c1ccccc13. The van der Waals surface area contributed by atoms with Gasteiger partial charge < -0.3 is 4.98 Å². The molecule has 0 saturated heterocycles. The van der Waals surface area contributed by atoms with Crippen LogP contribution in [0.5, 0.6) is 0 Å². The predicted molar refractivity (Wildman–Crippen MR) is 98.2 cm³/mol. The van der Waals surface area contributed by atoms with Gasteiger partial charge in [0.1, 0.15) is 0 Å². The van der Waals surface area contributed by atoms with Gasteiger partial charge in [0, 0.05) is 32.6 Å². The predicted octanol–water partition coefficient (Wildman–Crippen LogP) is 5.63. The van der Waals surface area contributed by atoms with Gasteiger partial charge in [0.15, 0.2) is 0 Å². The number of aromatic nitrogens is 2. The number of hydrogen-bond donors (Lipinski definition) is 1. The molecule has 0 aliphatic heterocycles. The molecule has 2 nitrogen and oxygen atoms in total. The van der Waals surface area contributed by atoms with Crippen molar-refractivity contribution in [1.82, 2.24) is 7.76 Å². The van der Waals surface area contributed by atoms with Gasteiger partial charge in [0.05, 0.1) is 33.9 Å². The molecular formula is C18H11IN2. The van der Waals surface area contributed by atoms with Crippen molar-refractivity contribution in [2.24, 2.45) is 0 Å². The maximum Gasteiger partial charge on any atom is 0.0646 e. The molecule has 0 unspecified atom stereocenters. The quantitative estimate of drug-likeness (QED) is 0.335. The van der Waals surface area contributed by atoms with E-state index in [1.807, 2.05) is 0 Å². The second-order valence-corrected chi connectivity index (χ2v) is 6.35. The van der Waals surface area contributed by atoms with Crippen molar-refractivity contribution in [3.8, 4) is 0 Å². The standard InChI is InChI=1S/C18H11IN2/c19-21-17-8-4-2-6-12(17)14-9-13-11-5-1-3-7-15(11)20-16(13)10-18(14)21/h1-10,20H. The molecular weight excluding hydrogens is 371 g/mol. The highest BCUT2D eigenvalue weighted by atomic mass is 127. The summed E-state index contributed by atoms with van der Waals surface area (Å²) in [5, 5.41) is 5.22. The van der Waals surface area contributed by atoms with E-state index in [1.165, 1.54) is 43.6 Å². The van der Waals surface area contributed by atoms with Gasteiger partial charge in [0.25, 0.3) is 0 Å². The summed E-state index contributed by atoms with van der Waals surface area (Å²) < 4.78 is 2.24. The van der Waals surface area contributed by atoms with Crippen LogP contribution in [0.1, 0.15) is 0 Å². The van der Waals surface area contributed by atoms with Gasteiger partial charge in [0.2, 0.25) is 0 Å². The molecule has 0 atom stereocenters. The van der Waals surface area contributed by atoms with Crippen LogP contribution in [0.2, 0.25) is 0 Å². The summed E-state index contributed by atoms with van der Waals surface area (Å²) in [6.45, 7) is 0.